The Morgan fingerprint density at radius 2 is 2.04 bits per heavy atom. The molecule has 5 heteroatoms. The summed E-state index contributed by atoms with van der Waals surface area (Å²) in [6.07, 6.45) is 0.832. The molecular weight excluding hydrogens is 290 g/mol. The van der Waals surface area contributed by atoms with Crippen LogP contribution >= 0.6 is 0 Å². The molecule has 0 heterocycles. The van der Waals surface area contributed by atoms with Crippen LogP contribution in [0.2, 0.25) is 0 Å². The van der Waals surface area contributed by atoms with Crippen molar-refractivity contribution in [1.82, 2.24) is 10.2 Å². The van der Waals surface area contributed by atoms with Gasteiger partial charge in [0.2, 0.25) is 5.91 Å². The van der Waals surface area contributed by atoms with Crippen molar-refractivity contribution >= 4 is 5.91 Å². The van der Waals surface area contributed by atoms with E-state index in [1.807, 2.05) is 56.1 Å². The van der Waals surface area contributed by atoms with Gasteiger partial charge in [-0.05, 0) is 38.4 Å². The molecule has 1 unspecified atom stereocenters. The average Bonchev–Trinajstić information content (AvgIpc) is 2.52. The zero-order valence-electron chi connectivity index (χ0n) is 14.5. The SMILES string of the molecule is CC(C)C(C)(C#N)NC(=O)CN(C)CCCOc1ccccc1. The summed E-state index contributed by atoms with van der Waals surface area (Å²) in [7, 11) is 1.89. The van der Waals surface area contributed by atoms with E-state index in [1.165, 1.54) is 0 Å². The van der Waals surface area contributed by atoms with Crippen molar-refractivity contribution in [3.05, 3.63) is 30.3 Å². The maximum Gasteiger partial charge on any atom is 0.235 e. The molecule has 5 nitrogen and oxygen atoms in total. The zero-order valence-corrected chi connectivity index (χ0v) is 14.5. The van der Waals surface area contributed by atoms with Gasteiger partial charge in [0.15, 0.2) is 0 Å². The predicted octanol–water partition coefficient (Wildman–Crippen LogP) is 2.44. The first-order valence-electron chi connectivity index (χ1n) is 7.96. The van der Waals surface area contributed by atoms with E-state index in [0.717, 1.165) is 18.7 Å². The van der Waals surface area contributed by atoms with Crippen molar-refractivity contribution in [3.8, 4) is 11.8 Å². The summed E-state index contributed by atoms with van der Waals surface area (Å²) in [6, 6.07) is 11.9. The fraction of sp³-hybridized carbons (Fsp3) is 0.556. The Hall–Kier alpha value is -2.06. The Kier molecular flexibility index (Phi) is 7.56. The minimum Gasteiger partial charge on any atom is -0.494 e. The Labute approximate surface area is 139 Å². The molecule has 1 amide bonds. The van der Waals surface area contributed by atoms with Crippen molar-refractivity contribution in [2.45, 2.75) is 32.7 Å². The molecule has 23 heavy (non-hydrogen) atoms. The maximum absolute atomic E-state index is 12.1. The monoisotopic (exact) mass is 317 g/mol. The molecule has 1 aromatic rings. The summed E-state index contributed by atoms with van der Waals surface area (Å²) in [5, 5.41) is 12.0. The number of carbonyl (C=O) groups excluding carboxylic acids is 1. The number of nitriles is 1. The Morgan fingerprint density at radius 3 is 2.61 bits per heavy atom. The molecule has 0 bridgehead atoms. The van der Waals surface area contributed by atoms with E-state index in [1.54, 1.807) is 6.92 Å². The third kappa shape index (κ3) is 6.70. The van der Waals surface area contributed by atoms with Crippen LogP contribution in [0.4, 0.5) is 0 Å². The smallest absolute Gasteiger partial charge is 0.235 e. The van der Waals surface area contributed by atoms with Crippen molar-refractivity contribution < 1.29 is 9.53 Å². The summed E-state index contributed by atoms with van der Waals surface area (Å²) in [5.41, 5.74) is -0.825. The summed E-state index contributed by atoms with van der Waals surface area (Å²) in [6.45, 7) is 7.24. The molecule has 0 saturated heterocycles. The van der Waals surface area contributed by atoms with E-state index in [-0.39, 0.29) is 18.4 Å². The first kappa shape index (κ1) is 19.0. The summed E-state index contributed by atoms with van der Waals surface area (Å²) < 4.78 is 5.62. The van der Waals surface area contributed by atoms with E-state index in [9.17, 15) is 10.1 Å². The number of carbonyl (C=O) groups is 1. The molecule has 0 saturated carbocycles. The summed E-state index contributed by atoms with van der Waals surface area (Å²) >= 11 is 0. The second-order valence-corrected chi connectivity index (χ2v) is 6.27. The molecule has 0 spiro atoms. The number of benzene rings is 1. The van der Waals surface area contributed by atoms with Gasteiger partial charge in [0, 0.05) is 6.54 Å². The molecule has 1 aromatic carbocycles. The Balaban J connectivity index is 2.27. The first-order chi connectivity index (χ1) is 10.9. The van der Waals surface area contributed by atoms with Crippen LogP contribution in [0, 0.1) is 17.2 Å². The molecule has 0 aliphatic carbocycles. The second-order valence-electron chi connectivity index (χ2n) is 6.27. The lowest BCUT2D eigenvalue weighted by Crippen LogP contribution is -2.51. The summed E-state index contributed by atoms with van der Waals surface area (Å²) in [4.78, 5) is 14.0. The highest BCUT2D eigenvalue weighted by molar-refractivity contribution is 5.79. The van der Waals surface area contributed by atoms with Gasteiger partial charge in [0.25, 0.3) is 0 Å². The van der Waals surface area contributed by atoms with Gasteiger partial charge in [0.05, 0.1) is 19.2 Å². The van der Waals surface area contributed by atoms with Crippen LogP contribution in [-0.2, 0) is 4.79 Å². The van der Waals surface area contributed by atoms with Crippen molar-refractivity contribution in [3.63, 3.8) is 0 Å². The number of likely N-dealkylation sites (N-methyl/N-ethyl adjacent to an activating group) is 1. The largest absolute Gasteiger partial charge is 0.494 e. The normalized spacial score (nSPS) is 13.4. The number of nitrogens with zero attached hydrogens (tertiary/aromatic N) is 2. The predicted molar refractivity (Wildman–Crippen MR) is 91.0 cm³/mol. The fourth-order valence-electron chi connectivity index (χ4n) is 2.00. The highest BCUT2D eigenvalue weighted by Gasteiger charge is 2.29. The van der Waals surface area contributed by atoms with Gasteiger partial charge in [-0.15, -0.1) is 0 Å². The van der Waals surface area contributed by atoms with Crippen molar-refractivity contribution in [2.24, 2.45) is 5.92 Å². The minimum absolute atomic E-state index is 0.0565. The minimum atomic E-state index is -0.825. The molecule has 1 N–H and O–H groups in total. The molecule has 0 radical (unpaired) electrons. The van der Waals surface area contributed by atoms with Gasteiger partial charge in [-0.25, -0.2) is 0 Å². The highest BCUT2D eigenvalue weighted by atomic mass is 16.5. The van der Waals surface area contributed by atoms with E-state index in [2.05, 4.69) is 11.4 Å². The van der Waals surface area contributed by atoms with E-state index >= 15 is 0 Å². The van der Waals surface area contributed by atoms with Crippen LogP contribution in [0.15, 0.2) is 30.3 Å². The lowest BCUT2D eigenvalue weighted by molar-refractivity contribution is -0.123. The quantitative estimate of drug-likeness (QED) is 0.711. The van der Waals surface area contributed by atoms with Crippen LogP contribution in [0.5, 0.6) is 5.75 Å². The van der Waals surface area contributed by atoms with Gasteiger partial charge in [0.1, 0.15) is 11.3 Å². The number of rotatable bonds is 9. The number of para-hydroxylation sites is 1. The van der Waals surface area contributed by atoms with Crippen LogP contribution in [0.25, 0.3) is 0 Å². The van der Waals surface area contributed by atoms with Gasteiger partial charge in [-0.3, -0.25) is 9.69 Å². The molecule has 126 valence electrons. The van der Waals surface area contributed by atoms with Crippen LogP contribution in [-0.4, -0.2) is 43.1 Å². The lowest BCUT2D eigenvalue weighted by Gasteiger charge is -2.28. The number of nitrogens with one attached hydrogen (secondary N) is 1. The third-order valence-corrected chi connectivity index (χ3v) is 3.90. The van der Waals surface area contributed by atoms with E-state index < -0.39 is 5.54 Å². The Morgan fingerprint density at radius 1 is 1.39 bits per heavy atom. The first-order valence-corrected chi connectivity index (χ1v) is 7.96. The van der Waals surface area contributed by atoms with Gasteiger partial charge < -0.3 is 10.1 Å². The summed E-state index contributed by atoms with van der Waals surface area (Å²) in [5.74, 6) is 0.782. The highest BCUT2D eigenvalue weighted by Crippen LogP contribution is 2.14. The standard InChI is InChI=1S/C18H27N3O2/c1-15(2)18(3,14-19)20-17(22)13-21(4)11-8-12-23-16-9-6-5-7-10-16/h5-7,9-10,15H,8,11-13H2,1-4H3,(H,20,22). The second kappa shape index (κ2) is 9.16. The van der Waals surface area contributed by atoms with Crippen LogP contribution < -0.4 is 10.1 Å². The number of hydrogen-bond acceptors (Lipinski definition) is 4. The van der Waals surface area contributed by atoms with Crippen molar-refractivity contribution in [2.75, 3.05) is 26.7 Å². The third-order valence-electron chi connectivity index (χ3n) is 3.90. The molecule has 1 atom stereocenters. The van der Waals surface area contributed by atoms with Gasteiger partial charge >= 0.3 is 0 Å². The Bertz CT molecular complexity index is 525. The molecule has 1 rings (SSSR count). The van der Waals surface area contributed by atoms with Gasteiger partial charge in [-0.1, -0.05) is 32.0 Å². The van der Waals surface area contributed by atoms with Crippen LogP contribution in [0.1, 0.15) is 27.2 Å². The number of ether oxygens (including phenoxy) is 1. The van der Waals surface area contributed by atoms with E-state index in [0.29, 0.717) is 6.61 Å². The van der Waals surface area contributed by atoms with Crippen molar-refractivity contribution in [1.29, 1.82) is 5.26 Å². The average molecular weight is 317 g/mol. The molecule has 0 aromatic heterocycles. The lowest BCUT2D eigenvalue weighted by atomic mass is 9.90. The molecular formula is C18H27N3O2. The van der Waals surface area contributed by atoms with E-state index in [4.69, 9.17) is 4.74 Å². The topological polar surface area (TPSA) is 65.4 Å². The van der Waals surface area contributed by atoms with Crippen LogP contribution in [0.3, 0.4) is 0 Å². The zero-order chi connectivity index (χ0) is 17.3. The fourth-order valence-corrected chi connectivity index (χ4v) is 2.00. The maximum atomic E-state index is 12.1. The molecule has 0 fully saturated rings. The molecule has 0 aliphatic rings. The number of amides is 1. The molecule has 0 aliphatic heterocycles. The number of hydrogen-bond donors (Lipinski definition) is 1. The van der Waals surface area contributed by atoms with Gasteiger partial charge in [-0.2, -0.15) is 5.26 Å².